The maximum absolute atomic E-state index is 14.0. The van der Waals surface area contributed by atoms with Crippen LogP contribution in [0.15, 0.2) is 30.3 Å². The molecule has 0 saturated heterocycles. The lowest BCUT2D eigenvalue weighted by molar-refractivity contribution is -0.145. The highest BCUT2D eigenvalue weighted by molar-refractivity contribution is 5.99. The van der Waals surface area contributed by atoms with Gasteiger partial charge < -0.3 is 20.1 Å². The van der Waals surface area contributed by atoms with Crippen molar-refractivity contribution < 1.29 is 28.7 Å². The Balaban J connectivity index is 1.73. The largest absolute Gasteiger partial charge is 0.461 e. The molecule has 0 aliphatic heterocycles. The van der Waals surface area contributed by atoms with Gasteiger partial charge in [0.15, 0.2) is 0 Å². The fourth-order valence-electron chi connectivity index (χ4n) is 5.22. The Kier molecular flexibility index (Phi) is 11.6. The number of amides is 4. The van der Waals surface area contributed by atoms with E-state index in [0.29, 0.717) is 0 Å². The number of imide groups is 1. The molecule has 0 radical (unpaired) electrons. The normalized spacial score (nSPS) is 17.5. The molecule has 1 aromatic carbocycles. The number of ether oxygens (including phenoxy) is 2. The number of hydrogen-bond donors (Lipinski definition) is 2. The van der Waals surface area contributed by atoms with Crippen LogP contribution in [0.5, 0.6) is 0 Å². The van der Waals surface area contributed by atoms with E-state index in [1.165, 1.54) is 4.90 Å². The topological polar surface area (TPSA) is 114 Å². The van der Waals surface area contributed by atoms with Gasteiger partial charge in [0.05, 0.1) is 0 Å². The molecule has 0 aromatic heterocycles. The molecule has 0 spiro atoms. The van der Waals surface area contributed by atoms with Crippen LogP contribution in [-0.2, 0) is 25.7 Å². The molecule has 2 N–H and O–H groups in total. The monoisotopic (exact) mass is 543 g/mol. The number of nitrogens with zero attached hydrogens (tertiary/aromatic N) is 1. The molecular formula is C30H45N3O6. The van der Waals surface area contributed by atoms with Gasteiger partial charge >= 0.3 is 18.1 Å². The second kappa shape index (κ2) is 14.9. The molecule has 0 heterocycles. The Morgan fingerprint density at radius 1 is 0.923 bits per heavy atom. The summed E-state index contributed by atoms with van der Waals surface area (Å²) in [6, 6.07) is 7.59. The number of hydrogen-bond acceptors (Lipinski definition) is 6. The van der Waals surface area contributed by atoms with Crippen LogP contribution in [0.25, 0.3) is 0 Å². The highest BCUT2D eigenvalue weighted by Crippen LogP contribution is 2.25. The van der Waals surface area contributed by atoms with E-state index in [9.17, 15) is 19.2 Å². The van der Waals surface area contributed by atoms with Crippen molar-refractivity contribution in [1.82, 2.24) is 15.5 Å². The van der Waals surface area contributed by atoms with Crippen LogP contribution >= 0.6 is 0 Å². The van der Waals surface area contributed by atoms with Crippen molar-refractivity contribution in [3.8, 4) is 0 Å². The van der Waals surface area contributed by atoms with Gasteiger partial charge in [-0.1, -0.05) is 68.9 Å². The minimum absolute atomic E-state index is 0.00831. The zero-order chi connectivity index (χ0) is 28.3. The Morgan fingerprint density at radius 3 is 2.15 bits per heavy atom. The Morgan fingerprint density at radius 2 is 1.54 bits per heavy atom. The summed E-state index contributed by atoms with van der Waals surface area (Å²) in [5, 5.41) is 5.72. The number of nitrogens with one attached hydrogen (secondary N) is 2. The van der Waals surface area contributed by atoms with E-state index in [1.54, 1.807) is 20.8 Å². The molecule has 2 aliphatic rings. The second-order valence-electron chi connectivity index (χ2n) is 11.7. The standard InChI is InChI=1S/C30H45N3O6/c1-30(2,3)39-29(37)32-25(19-20-26(34)38-21-22-13-7-4-8-14-22)27(35)33(24-17-11-6-12-18-24)28(36)31-23-15-9-5-10-16-23/h4,7-8,13-14,23-25H,5-6,9-12,15-21H2,1-3H3,(H,31,36)(H,32,37). The van der Waals surface area contributed by atoms with E-state index in [2.05, 4.69) is 10.6 Å². The summed E-state index contributed by atoms with van der Waals surface area (Å²) >= 11 is 0. The fraction of sp³-hybridized carbons (Fsp3) is 0.667. The Bertz CT molecular complexity index is 949. The zero-order valence-corrected chi connectivity index (χ0v) is 23.7. The first-order valence-corrected chi connectivity index (χ1v) is 14.4. The van der Waals surface area contributed by atoms with Crippen molar-refractivity contribution in [3.63, 3.8) is 0 Å². The van der Waals surface area contributed by atoms with Crippen molar-refractivity contribution >= 4 is 24.0 Å². The number of alkyl carbamates (subject to hydrolysis) is 1. The smallest absolute Gasteiger partial charge is 0.408 e. The van der Waals surface area contributed by atoms with Crippen molar-refractivity contribution in [1.29, 1.82) is 0 Å². The fourth-order valence-corrected chi connectivity index (χ4v) is 5.22. The van der Waals surface area contributed by atoms with Crippen molar-refractivity contribution in [2.75, 3.05) is 0 Å². The predicted octanol–water partition coefficient (Wildman–Crippen LogP) is 5.61. The molecule has 9 heteroatoms. The first-order chi connectivity index (χ1) is 18.6. The summed E-state index contributed by atoms with van der Waals surface area (Å²) in [7, 11) is 0. The third-order valence-electron chi connectivity index (χ3n) is 7.20. The zero-order valence-electron chi connectivity index (χ0n) is 23.7. The molecule has 4 amide bonds. The van der Waals surface area contributed by atoms with E-state index in [4.69, 9.17) is 9.47 Å². The molecule has 0 bridgehead atoms. The van der Waals surface area contributed by atoms with Gasteiger partial charge in [-0.25, -0.2) is 9.59 Å². The maximum atomic E-state index is 14.0. The van der Waals surface area contributed by atoms with Gasteiger partial charge in [0.25, 0.3) is 5.91 Å². The molecule has 1 atom stereocenters. The predicted molar refractivity (Wildman–Crippen MR) is 148 cm³/mol. The number of benzene rings is 1. The van der Waals surface area contributed by atoms with Crippen molar-refractivity contribution in [2.45, 2.75) is 128 Å². The number of rotatable bonds is 9. The van der Waals surface area contributed by atoms with Gasteiger partial charge in [0, 0.05) is 18.5 Å². The maximum Gasteiger partial charge on any atom is 0.408 e. The first kappa shape index (κ1) is 30.4. The lowest BCUT2D eigenvalue weighted by atomic mass is 9.93. The summed E-state index contributed by atoms with van der Waals surface area (Å²) in [5.74, 6) is -1.00. The van der Waals surface area contributed by atoms with E-state index in [0.717, 1.165) is 69.8 Å². The van der Waals surface area contributed by atoms with Gasteiger partial charge in [0.2, 0.25) is 0 Å². The molecule has 3 rings (SSSR count). The third kappa shape index (κ3) is 10.5. The minimum atomic E-state index is -1.11. The van der Waals surface area contributed by atoms with Gasteiger partial charge in [-0.05, 0) is 58.4 Å². The molecule has 39 heavy (non-hydrogen) atoms. The van der Waals surface area contributed by atoms with Crippen molar-refractivity contribution in [3.05, 3.63) is 35.9 Å². The van der Waals surface area contributed by atoms with Crippen LogP contribution in [0.4, 0.5) is 9.59 Å². The van der Waals surface area contributed by atoms with Gasteiger partial charge in [0.1, 0.15) is 18.2 Å². The molecule has 1 aromatic rings. The van der Waals surface area contributed by atoms with Gasteiger partial charge in [-0.3, -0.25) is 14.5 Å². The molecule has 2 aliphatic carbocycles. The quantitative estimate of drug-likeness (QED) is 0.392. The number of urea groups is 1. The Labute approximate surface area is 232 Å². The highest BCUT2D eigenvalue weighted by Gasteiger charge is 2.37. The van der Waals surface area contributed by atoms with Crippen LogP contribution < -0.4 is 10.6 Å². The number of carbonyl (C=O) groups excluding carboxylic acids is 4. The molecule has 1 unspecified atom stereocenters. The number of carbonyl (C=O) groups is 4. The second-order valence-corrected chi connectivity index (χ2v) is 11.7. The van der Waals surface area contributed by atoms with E-state index in [1.807, 2.05) is 30.3 Å². The summed E-state index contributed by atoms with van der Waals surface area (Å²) < 4.78 is 10.8. The molecule has 2 fully saturated rings. The highest BCUT2D eigenvalue weighted by atomic mass is 16.6. The average molecular weight is 544 g/mol. The van der Waals surface area contributed by atoms with Crippen LogP contribution in [0.1, 0.15) is 103 Å². The molecule has 216 valence electrons. The summed E-state index contributed by atoms with van der Waals surface area (Å²) in [6.07, 6.45) is 8.55. The SMILES string of the molecule is CC(C)(C)OC(=O)NC(CCC(=O)OCc1ccccc1)C(=O)N(C(=O)NC1CCCCC1)C1CCCCC1. The van der Waals surface area contributed by atoms with E-state index in [-0.39, 0.29) is 31.5 Å². The summed E-state index contributed by atoms with van der Waals surface area (Å²) in [5.41, 5.74) is 0.0847. The van der Waals surface area contributed by atoms with Crippen LogP contribution in [0.3, 0.4) is 0 Å². The lowest BCUT2D eigenvalue weighted by Gasteiger charge is -2.36. The molecule has 2 saturated carbocycles. The molecular weight excluding hydrogens is 498 g/mol. The first-order valence-electron chi connectivity index (χ1n) is 14.4. The van der Waals surface area contributed by atoms with E-state index >= 15 is 0 Å². The minimum Gasteiger partial charge on any atom is -0.461 e. The van der Waals surface area contributed by atoms with Crippen LogP contribution in [-0.4, -0.2) is 52.6 Å². The van der Waals surface area contributed by atoms with E-state index < -0.39 is 35.6 Å². The van der Waals surface area contributed by atoms with Crippen LogP contribution in [0.2, 0.25) is 0 Å². The van der Waals surface area contributed by atoms with Gasteiger partial charge in [-0.15, -0.1) is 0 Å². The molecule has 9 nitrogen and oxygen atoms in total. The van der Waals surface area contributed by atoms with Gasteiger partial charge in [-0.2, -0.15) is 0 Å². The summed E-state index contributed by atoms with van der Waals surface area (Å²) in [4.78, 5) is 54.0. The summed E-state index contributed by atoms with van der Waals surface area (Å²) in [6.45, 7) is 5.32. The lowest BCUT2D eigenvalue weighted by Crippen LogP contribution is -2.58. The number of esters is 1. The van der Waals surface area contributed by atoms with Crippen molar-refractivity contribution in [2.24, 2.45) is 0 Å². The Hall–Kier alpha value is -3.10. The average Bonchev–Trinajstić information content (AvgIpc) is 2.90. The third-order valence-corrected chi connectivity index (χ3v) is 7.20. The van der Waals surface area contributed by atoms with Crippen LogP contribution in [0, 0.1) is 0 Å².